The van der Waals surface area contributed by atoms with Crippen LogP contribution in [-0.4, -0.2) is 122 Å². The number of carbonyl (C=O) groups excluding carboxylic acids is 3. The molecule has 200 valence electrons. The van der Waals surface area contributed by atoms with Crippen molar-refractivity contribution in [1.82, 2.24) is 19.5 Å². The number of nitrogen functional groups attached to an aromatic ring is 1. The summed E-state index contributed by atoms with van der Waals surface area (Å²) in [5.41, 5.74) is 4.85. The minimum Gasteiger partial charge on any atom is -0.479 e. The number of nitrogens with zero attached hydrogens (tertiary/aromatic N) is 4. The van der Waals surface area contributed by atoms with Gasteiger partial charge in [0, 0.05) is 24.2 Å². The summed E-state index contributed by atoms with van der Waals surface area (Å²) in [7, 11) is -5.05. The van der Waals surface area contributed by atoms with Crippen molar-refractivity contribution < 1.29 is 52.3 Å². The highest BCUT2D eigenvalue weighted by atomic mass is 32.2. The predicted octanol–water partition coefficient (Wildman–Crippen LogP) is -2.83. The predicted molar refractivity (Wildman–Crippen MR) is 124 cm³/mol. The van der Waals surface area contributed by atoms with Crippen LogP contribution in [0.2, 0.25) is 0 Å². The Morgan fingerprint density at radius 3 is 2.44 bits per heavy atom. The number of aliphatic carboxylic acids is 1. The summed E-state index contributed by atoms with van der Waals surface area (Å²) in [6.07, 6.45) is 0. The number of amides is 3. The third kappa shape index (κ3) is 7.48. The van der Waals surface area contributed by atoms with Crippen molar-refractivity contribution in [3.63, 3.8) is 0 Å². The average molecular weight is 571 g/mol. The lowest BCUT2D eigenvalue weighted by atomic mass is 10.0. The molecule has 0 saturated carbocycles. The quantitative estimate of drug-likeness (QED) is 0.0604. The Morgan fingerprint density at radius 1 is 1.31 bits per heavy atom. The zero-order chi connectivity index (χ0) is 27.0. The number of aromatic nitrogens is 1. The molecular weight excluding hydrogens is 548 g/mol. The van der Waals surface area contributed by atoms with Crippen LogP contribution in [0.15, 0.2) is 10.5 Å². The van der Waals surface area contributed by atoms with Crippen molar-refractivity contribution in [3.8, 4) is 0 Å². The molecule has 7 N–H and O–H groups in total. The molecule has 3 amide bonds. The molecule has 1 aromatic rings. The first-order valence-corrected chi connectivity index (χ1v) is 13.0. The molecule has 1 aromatic heterocycles. The van der Waals surface area contributed by atoms with Crippen LogP contribution in [0.3, 0.4) is 0 Å². The van der Waals surface area contributed by atoms with E-state index < -0.39 is 76.7 Å². The summed E-state index contributed by atoms with van der Waals surface area (Å²) < 4.78 is 32.8. The lowest BCUT2D eigenvalue weighted by molar-refractivity contribution is -0.143. The maximum atomic E-state index is 12.8. The van der Waals surface area contributed by atoms with E-state index in [-0.39, 0.29) is 28.2 Å². The van der Waals surface area contributed by atoms with Crippen LogP contribution in [-0.2, 0) is 29.5 Å². The van der Waals surface area contributed by atoms with Gasteiger partial charge in [-0.1, -0.05) is 16.9 Å². The Morgan fingerprint density at radius 2 is 1.94 bits per heavy atom. The van der Waals surface area contributed by atoms with Gasteiger partial charge in [0.2, 0.25) is 6.61 Å². The number of carbonyl (C=O) groups is 4. The number of aliphatic hydroxyl groups excluding tert-OH is 2. The van der Waals surface area contributed by atoms with Gasteiger partial charge in [-0.3, -0.25) is 18.9 Å². The second-order valence-corrected chi connectivity index (χ2v) is 9.97. The van der Waals surface area contributed by atoms with Gasteiger partial charge < -0.3 is 36.1 Å². The van der Waals surface area contributed by atoms with Gasteiger partial charge in [0.05, 0.1) is 19.3 Å². The molecule has 1 saturated heterocycles. The monoisotopic (exact) mass is 570 g/mol. The van der Waals surface area contributed by atoms with E-state index in [2.05, 4.69) is 20.3 Å². The van der Waals surface area contributed by atoms with Crippen LogP contribution in [0.25, 0.3) is 0 Å². The molecular formula is C16H22N6O11S3. The summed E-state index contributed by atoms with van der Waals surface area (Å²) in [5.74, 6) is -4.13. The molecule has 0 aromatic carbocycles. The van der Waals surface area contributed by atoms with Crippen LogP contribution in [0.1, 0.15) is 5.69 Å². The zero-order valence-electron chi connectivity index (χ0n) is 18.2. The summed E-state index contributed by atoms with van der Waals surface area (Å²) in [4.78, 5) is 57.8. The Bertz CT molecular complexity index is 1120. The van der Waals surface area contributed by atoms with Crippen LogP contribution < -0.4 is 11.1 Å². The molecule has 20 heteroatoms. The molecule has 1 aliphatic rings. The van der Waals surface area contributed by atoms with E-state index in [1.165, 1.54) is 5.38 Å². The molecule has 17 nitrogen and oxygen atoms in total. The molecule has 2 atom stereocenters. The zero-order valence-corrected chi connectivity index (χ0v) is 20.7. The molecule has 2 heterocycles. The first kappa shape index (κ1) is 29.2. The number of nitrogens with one attached hydrogen (secondary N) is 1. The second kappa shape index (κ2) is 12.8. The average Bonchev–Trinajstić information content (AvgIpc) is 3.21. The molecule has 1 aliphatic heterocycles. The second-order valence-electron chi connectivity index (χ2n) is 6.82. The van der Waals surface area contributed by atoms with Crippen molar-refractivity contribution >= 4 is 67.3 Å². The molecule has 0 radical (unpaired) electrons. The molecule has 0 unspecified atom stereocenters. The van der Waals surface area contributed by atoms with E-state index >= 15 is 0 Å². The van der Waals surface area contributed by atoms with Gasteiger partial charge in [-0.15, -0.1) is 11.3 Å². The van der Waals surface area contributed by atoms with Gasteiger partial charge in [0.1, 0.15) is 11.7 Å². The number of aliphatic hydroxyl groups is 2. The van der Waals surface area contributed by atoms with E-state index in [0.29, 0.717) is 11.8 Å². The number of hydrogen-bond acceptors (Lipinski definition) is 14. The standard InChI is InChI=1S/C16H22N6O11S3/c17-15-18-8(6-34-15)11(20-33-5-10(25)26)13(27)19-12-9(22(14(12)28)36(30,31)32)7-35-16(29)21(1-3-23)2-4-24/h6,9,12,23-24H,1-5,7H2,(H2,17,18)(H,19,27)(H,25,26)(H,30,31,32)/b20-11-/t9-,12+/m1/s1. The smallest absolute Gasteiger partial charge is 0.362 e. The highest BCUT2D eigenvalue weighted by Crippen LogP contribution is 2.28. The van der Waals surface area contributed by atoms with Gasteiger partial charge in [0.25, 0.3) is 17.1 Å². The van der Waals surface area contributed by atoms with Crippen LogP contribution in [0, 0.1) is 0 Å². The van der Waals surface area contributed by atoms with Gasteiger partial charge in [0.15, 0.2) is 10.8 Å². The van der Waals surface area contributed by atoms with Crippen molar-refractivity contribution in [1.29, 1.82) is 0 Å². The lowest BCUT2D eigenvalue weighted by Crippen LogP contribution is -2.73. The van der Waals surface area contributed by atoms with Crippen molar-refractivity contribution in [3.05, 3.63) is 11.1 Å². The summed E-state index contributed by atoms with van der Waals surface area (Å²) in [6, 6.07) is -2.94. The summed E-state index contributed by atoms with van der Waals surface area (Å²) in [6.45, 7) is -1.96. The van der Waals surface area contributed by atoms with Crippen molar-refractivity contribution in [2.75, 3.05) is 44.4 Å². The van der Waals surface area contributed by atoms with Gasteiger partial charge in [-0.05, 0) is 0 Å². The normalized spacial score (nSPS) is 17.9. The summed E-state index contributed by atoms with van der Waals surface area (Å²) in [5, 5.41) is 33.1. The minimum absolute atomic E-state index is 0.0316. The maximum absolute atomic E-state index is 12.8. The molecule has 2 rings (SSSR count). The van der Waals surface area contributed by atoms with Crippen molar-refractivity contribution in [2.45, 2.75) is 12.1 Å². The maximum Gasteiger partial charge on any atom is 0.362 e. The lowest BCUT2D eigenvalue weighted by Gasteiger charge is -2.44. The van der Waals surface area contributed by atoms with E-state index in [9.17, 15) is 32.1 Å². The number of hydrogen-bond donors (Lipinski definition) is 6. The molecule has 1 fully saturated rings. The Balaban J connectivity index is 2.22. The number of thiazole rings is 1. The van der Waals surface area contributed by atoms with E-state index in [1.54, 1.807) is 0 Å². The van der Waals surface area contributed by atoms with Crippen LogP contribution >= 0.6 is 23.1 Å². The van der Waals surface area contributed by atoms with Crippen LogP contribution in [0.5, 0.6) is 0 Å². The minimum atomic E-state index is -5.05. The van der Waals surface area contributed by atoms with Gasteiger partial charge >= 0.3 is 16.3 Å². The fourth-order valence-corrected chi connectivity index (χ4v) is 5.41. The highest BCUT2D eigenvalue weighted by molar-refractivity contribution is 8.13. The third-order valence-electron chi connectivity index (χ3n) is 4.40. The largest absolute Gasteiger partial charge is 0.479 e. The molecule has 36 heavy (non-hydrogen) atoms. The Hall–Kier alpha value is -3.04. The molecule has 0 aliphatic carbocycles. The number of carboxylic acids is 1. The third-order valence-corrected chi connectivity index (χ3v) is 7.04. The highest BCUT2D eigenvalue weighted by Gasteiger charge is 2.54. The first-order valence-electron chi connectivity index (χ1n) is 9.78. The fraction of sp³-hybridized carbons (Fsp3) is 0.500. The number of anilines is 1. The van der Waals surface area contributed by atoms with Crippen LogP contribution in [0.4, 0.5) is 9.93 Å². The first-order chi connectivity index (χ1) is 16.9. The Labute approximate surface area is 211 Å². The van der Waals surface area contributed by atoms with Crippen molar-refractivity contribution in [2.24, 2.45) is 5.16 Å². The number of oxime groups is 1. The topological polar surface area (TPSA) is 262 Å². The van der Waals surface area contributed by atoms with E-state index in [1.807, 2.05) is 0 Å². The fourth-order valence-electron chi connectivity index (χ4n) is 2.87. The van der Waals surface area contributed by atoms with Gasteiger partial charge in [-0.25, -0.2) is 14.1 Å². The molecule has 0 bridgehead atoms. The molecule has 0 spiro atoms. The number of carboxylic acid groups (broad SMARTS) is 1. The number of β-lactam (4-membered cyclic amide) rings is 1. The summed E-state index contributed by atoms with van der Waals surface area (Å²) >= 11 is 1.44. The van der Waals surface area contributed by atoms with E-state index in [4.69, 9.17) is 21.1 Å². The SMILES string of the molecule is Nc1nc(/C(=N/OCC(=O)O)C(=O)N[C@@H]2C(=O)N(S(=O)(=O)O)[C@@H]2CSC(=O)N(CCO)CCO)cs1. The Kier molecular flexibility index (Phi) is 10.4. The van der Waals surface area contributed by atoms with E-state index in [0.717, 1.165) is 16.2 Å². The number of nitrogens with two attached hydrogens (primary N) is 1. The number of thioether (sulfide) groups is 1. The van der Waals surface area contributed by atoms with Gasteiger partial charge in [-0.2, -0.15) is 8.42 Å². The number of rotatable bonds is 13.